The first kappa shape index (κ1) is 24.0. The normalized spacial score (nSPS) is 20.4. The number of ether oxygens (including phenoxy) is 2. The van der Waals surface area contributed by atoms with Crippen LogP contribution in [0.2, 0.25) is 0 Å². The zero-order chi connectivity index (χ0) is 25.2. The lowest BCUT2D eigenvalue weighted by Gasteiger charge is -2.27. The number of halogens is 1. The van der Waals surface area contributed by atoms with E-state index in [0.717, 1.165) is 72.5 Å². The summed E-state index contributed by atoms with van der Waals surface area (Å²) in [5.41, 5.74) is 2.23. The summed E-state index contributed by atoms with van der Waals surface area (Å²) >= 11 is 0. The van der Waals surface area contributed by atoms with E-state index in [1.54, 1.807) is 6.07 Å². The first-order valence-electron chi connectivity index (χ1n) is 13.5. The van der Waals surface area contributed by atoms with Gasteiger partial charge in [0.05, 0.1) is 5.92 Å². The van der Waals surface area contributed by atoms with Crippen molar-refractivity contribution in [2.45, 2.75) is 31.7 Å². The fourth-order valence-electron chi connectivity index (χ4n) is 5.87. The van der Waals surface area contributed by atoms with E-state index in [1.807, 2.05) is 24.3 Å². The van der Waals surface area contributed by atoms with Crippen molar-refractivity contribution in [3.05, 3.63) is 66.0 Å². The third-order valence-electron chi connectivity index (χ3n) is 7.82. The average molecular weight is 504 g/mol. The van der Waals surface area contributed by atoms with Crippen LogP contribution in [-0.2, 0) is 11.2 Å². The molecule has 0 spiro atoms. The van der Waals surface area contributed by atoms with E-state index in [0.29, 0.717) is 19.8 Å². The third kappa shape index (κ3) is 5.52. The molecule has 3 heterocycles. The van der Waals surface area contributed by atoms with Gasteiger partial charge in [-0.25, -0.2) is 4.39 Å². The highest BCUT2D eigenvalue weighted by atomic mass is 19.1. The molecule has 0 bridgehead atoms. The Kier molecular flexibility index (Phi) is 6.87. The summed E-state index contributed by atoms with van der Waals surface area (Å²) in [4.78, 5) is 18.2. The molecule has 37 heavy (non-hydrogen) atoms. The van der Waals surface area contributed by atoms with Gasteiger partial charge in [-0.1, -0.05) is 18.2 Å². The molecule has 1 amide bonds. The van der Waals surface area contributed by atoms with E-state index in [9.17, 15) is 9.18 Å². The number of nitrogens with one attached hydrogen (secondary N) is 1. The molecule has 0 saturated carbocycles. The predicted molar refractivity (Wildman–Crippen MR) is 143 cm³/mol. The van der Waals surface area contributed by atoms with Gasteiger partial charge in [0.25, 0.3) is 0 Å². The quantitative estimate of drug-likeness (QED) is 0.518. The molecule has 1 N–H and O–H groups in total. The van der Waals surface area contributed by atoms with Crippen molar-refractivity contribution < 1.29 is 18.7 Å². The number of carbonyl (C=O) groups is 1. The predicted octanol–water partition coefficient (Wildman–Crippen LogP) is 4.40. The van der Waals surface area contributed by atoms with E-state index >= 15 is 0 Å². The van der Waals surface area contributed by atoms with Gasteiger partial charge in [-0.05, 0) is 91.5 Å². The number of carbonyl (C=O) groups excluding carboxylic acids is 1. The molecule has 3 aliphatic rings. The standard InChI is InChI=1S/C30H34FN3O3/c31-25-6-4-23-18-27(7-5-22(23)17-25)34-12-9-24(19-34)30(35)32-26(20-33-10-1-2-11-33)15-21-3-8-28-29(16-21)37-14-13-36-28/h3-8,16-18,24,26H,1-2,9-15,19-20H2,(H,32,35)/t24-,26?/m1/s1. The number of rotatable bonds is 7. The maximum Gasteiger partial charge on any atom is 0.225 e. The van der Waals surface area contributed by atoms with Gasteiger partial charge in [0, 0.05) is 31.4 Å². The Balaban J connectivity index is 1.12. The number of anilines is 1. The van der Waals surface area contributed by atoms with Gasteiger partial charge in [-0.2, -0.15) is 0 Å². The molecule has 1 unspecified atom stereocenters. The number of hydrogen-bond donors (Lipinski definition) is 1. The van der Waals surface area contributed by atoms with E-state index in [4.69, 9.17) is 9.47 Å². The van der Waals surface area contributed by atoms with Gasteiger partial charge < -0.3 is 24.6 Å². The molecule has 0 radical (unpaired) electrons. The molecule has 0 aliphatic carbocycles. The summed E-state index contributed by atoms with van der Waals surface area (Å²) < 4.78 is 25.0. The Morgan fingerprint density at radius 2 is 1.73 bits per heavy atom. The van der Waals surface area contributed by atoms with Crippen LogP contribution in [0.25, 0.3) is 10.8 Å². The highest BCUT2D eigenvalue weighted by molar-refractivity contribution is 5.86. The van der Waals surface area contributed by atoms with Crippen LogP contribution in [0.4, 0.5) is 10.1 Å². The van der Waals surface area contributed by atoms with Crippen molar-refractivity contribution in [2.24, 2.45) is 5.92 Å². The Morgan fingerprint density at radius 1 is 0.946 bits per heavy atom. The molecule has 2 fully saturated rings. The minimum absolute atomic E-state index is 0.0396. The maximum atomic E-state index is 13.6. The van der Waals surface area contributed by atoms with Crippen LogP contribution in [0.5, 0.6) is 11.5 Å². The van der Waals surface area contributed by atoms with E-state index in [2.05, 4.69) is 33.3 Å². The molecule has 3 aromatic rings. The van der Waals surface area contributed by atoms with Gasteiger partial charge in [0.2, 0.25) is 5.91 Å². The van der Waals surface area contributed by atoms with E-state index in [-0.39, 0.29) is 23.7 Å². The summed E-state index contributed by atoms with van der Waals surface area (Å²) in [5, 5.41) is 5.30. The second kappa shape index (κ2) is 10.6. The largest absolute Gasteiger partial charge is 0.486 e. The minimum Gasteiger partial charge on any atom is -0.486 e. The maximum absolute atomic E-state index is 13.6. The number of likely N-dealkylation sites (tertiary alicyclic amines) is 1. The summed E-state index contributed by atoms with van der Waals surface area (Å²) in [7, 11) is 0. The highest BCUT2D eigenvalue weighted by Crippen LogP contribution is 2.32. The summed E-state index contributed by atoms with van der Waals surface area (Å²) in [6.07, 6.45) is 4.03. The van der Waals surface area contributed by atoms with Crippen LogP contribution in [0.15, 0.2) is 54.6 Å². The lowest BCUT2D eigenvalue weighted by molar-refractivity contribution is -0.125. The second-order valence-electron chi connectivity index (χ2n) is 10.5. The van der Waals surface area contributed by atoms with Crippen LogP contribution in [0.1, 0.15) is 24.8 Å². The van der Waals surface area contributed by atoms with Gasteiger partial charge in [0.15, 0.2) is 11.5 Å². The van der Waals surface area contributed by atoms with E-state index < -0.39 is 0 Å². The molecule has 2 atom stereocenters. The molecule has 194 valence electrons. The molecule has 7 heteroatoms. The summed E-state index contributed by atoms with van der Waals surface area (Å²) in [5.74, 6) is 1.44. The van der Waals surface area contributed by atoms with Gasteiger partial charge in [0.1, 0.15) is 19.0 Å². The topological polar surface area (TPSA) is 54.0 Å². The minimum atomic E-state index is -0.224. The van der Waals surface area contributed by atoms with Crippen molar-refractivity contribution in [1.82, 2.24) is 10.2 Å². The van der Waals surface area contributed by atoms with Gasteiger partial charge >= 0.3 is 0 Å². The van der Waals surface area contributed by atoms with Gasteiger partial charge in [-0.3, -0.25) is 4.79 Å². The van der Waals surface area contributed by atoms with Crippen molar-refractivity contribution in [3.63, 3.8) is 0 Å². The molecule has 3 aliphatic heterocycles. The van der Waals surface area contributed by atoms with Crippen molar-refractivity contribution in [3.8, 4) is 11.5 Å². The van der Waals surface area contributed by atoms with Crippen LogP contribution in [0, 0.1) is 11.7 Å². The first-order chi connectivity index (χ1) is 18.1. The van der Waals surface area contributed by atoms with Gasteiger partial charge in [-0.15, -0.1) is 0 Å². The smallest absolute Gasteiger partial charge is 0.225 e. The Hall–Kier alpha value is -3.32. The lowest BCUT2D eigenvalue weighted by atomic mass is 10.0. The highest BCUT2D eigenvalue weighted by Gasteiger charge is 2.30. The summed E-state index contributed by atoms with van der Waals surface area (Å²) in [6, 6.07) is 17.1. The zero-order valence-electron chi connectivity index (χ0n) is 21.1. The molecule has 3 aromatic carbocycles. The number of amides is 1. The number of benzene rings is 3. The zero-order valence-corrected chi connectivity index (χ0v) is 21.1. The third-order valence-corrected chi connectivity index (χ3v) is 7.82. The Bertz CT molecular complexity index is 1280. The van der Waals surface area contributed by atoms with Crippen molar-refractivity contribution >= 4 is 22.4 Å². The van der Waals surface area contributed by atoms with Crippen LogP contribution >= 0.6 is 0 Å². The second-order valence-corrected chi connectivity index (χ2v) is 10.5. The number of nitrogens with zero attached hydrogens (tertiary/aromatic N) is 2. The SMILES string of the molecule is O=C(NC(Cc1ccc2c(c1)OCCO2)CN1CCCC1)[C@@H]1CCN(c2ccc3cc(F)ccc3c2)C1. The number of fused-ring (bicyclic) bond motifs is 2. The molecule has 0 aromatic heterocycles. The molecule has 6 nitrogen and oxygen atoms in total. The molecular formula is C30H34FN3O3. The van der Waals surface area contributed by atoms with E-state index in [1.165, 1.54) is 18.9 Å². The van der Waals surface area contributed by atoms with Crippen LogP contribution in [0.3, 0.4) is 0 Å². The molecular weight excluding hydrogens is 469 g/mol. The van der Waals surface area contributed by atoms with Crippen molar-refractivity contribution in [1.29, 1.82) is 0 Å². The molecule has 6 rings (SSSR count). The van der Waals surface area contributed by atoms with Crippen molar-refractivity contribution in [2.75, 3.05) is 50.8 Å². The first-order valence-corrected chi connectivity index (χ1v) is 13.5. The van der Waals surface area contributed by atoms with Crippen LogP contribution < -0.4 is 19.7 Å². The van der Waals surface area contributed by atoms with Crippen LogP contribution in [-0.4, -0.2) is 62.8 Å². The average Bonchev–Trinajstić information content (AvgIpc) is 3.61. The Labute approximate surface area is 217 Å². The fourth-order valence-corrected chi connectivity index (χ4v) is 5.87. The molecule has 2 saturated heterocycles. The number of hydrogen-bond acceptors (Lipinski definition) is 5. The fraction of sp³-hybridized carbons (Fsp3) is 0.433. The Morgan fingerprint density at radius 3 is 2.59 bits per heavy atom. The monoisotopic (exact) mass is 503 g/mol. The summed E-state index contributed by atoms with van der Waals surface area (Å²) in [6.45, 7) is 5.72. The lowest BCUT2D eigenvalue weighted by Crippen LogP contribution is -2.46.